The van der Waals surface area contributed by atoms with Gasteiger partial charge in [-0.2, -0.15) is 0 Å². The molecule has 0 atom stereocenters. The Labute approximate surface area is 117 Å². The van der Waals surface area contributed by atoms with Crippen LogP contribution >= 0.6 is 15.9 Å². The Hall–Kier alpha value is -0.710. The van der Waals surface area contributed by atoms with Crippen LogP contribution in [0.1, 0.15) is 16.8 Å². The van der Waals surface area contributed by atoms with Crippen molar-refractivity contribution in [3.8, 4) is 0 Å². The summed E-state index contributed by atoms with van der Waals surface area (Å²) in [6.07, 6.45) is 1.14. The third-order valence-corrected chi connectivity index (χ3v) is 3.82. The van der Waals surface area contributed by atoms with Crippen molar-refractivity contribution in [1.29, 1.82) is 0 Å². The predicted molar refractivity (Wildman–Crippen MR) is 77.0 cm³/mol. The molecule has 0 bridgehead atoms. The lowest BCUT2D eigenvalue weighted by Gasteiger charge is -2.19. The fourth-order valence-corrected chi connectivity index (χ4v) is 2.61. The van der Waals surface area contributed by atoms with Crippen molar-refractivity contribution in [3.05, 3.63) is 34.3 Å². The zero-order valence-electron chi connectivity index (χ0n) is 10.7. The van der Waals surface area contributed by atoms with E-state index in [0.717, 1.165) is 42.6 Å². The Balaban J connectivity index is 1.94. The molecule has 0 spiro atoms. The Morgan fingerprint density at radius 2 is 2.11 bits per heavy atom. The first-order valence-electron chi connectivity index (χ1n) is 6.35. The number of likely N-dealkylation sites (N-methyl/N-ethyl adjacent to an activating group) is 1. The predicted octanol–water partition coefficient (Wildman–Crippen LogP) is 2.27. The summed E-state index contributed by atoms with van der Waals surface area (Å²) >= 11 is 3.40. The normalized spacial score (nSPS) is 18.6. The minimum atomic E-state index is 0.209. The summed E-state index contributed by atoms with van der Waals surface area (Å²) in [7, 11) is 2.14. The summed E-state index contributed by atoms with van der Waals surface area (Å²) in [6, 6.07) is 7.63. The zero-order valence-corrected chi connectivity index (χ0v) is 12.3. The highest BCUT2D eigenvalue weighted by Crippen LogP contribution is 2.13. The molecule has 98 valence electrons. The van der Waals surface area contributed by atoms with E-state index in [4.69, 9.17) is 0 Å². The van der Waals surface area contributed by atoms with Crippen LogP contribution in [0.3, 0.4) is 0 Å². The topological polar surface area (TPSA) is 23.6 Å². The summed E-state index contributed by atoms with van der Waals surface area (Å²) in [4.78, 5) is 16.8. The van der Waals surface area contributed by atoms with Crippen molar-refractivity contribution in [3.63, 3.8) is 0 Å². The highest BCUT2D eigenvalue weighted by molar-refractivity contribution is 9.10. The van der Waals surface area contributed by atoms with Gasteiger partial charge < -0.3 is 4.90 Å². The van der Waals surface area contributed by atoms with Crippen LogP contribution in [0.25, 0.3) is 0 Å². The minimum absolute atomic E-state index is 0.209. The lowest BCUT2D eigenvalue weighted by molar-refractivity contribution is 0.0933. The molecular weight excluding hydrogens is 292 g/mol. The van der Waals surface area contributed by atoms with Gasteiger partial charge in [0.2, 0.25) is 0 Å². The van der Waals surface area contributed by atoms with Crippen LogP contribution < -0.4 is 0 Å². The van der Waals surface area contributed by atoms with Gasteiger partial charge in [0.15, 0.2) is 5.78 Å². The van der Waals surface area contributed by atoms with E-state index in [1.807, 2.05) is 24.3 Å². The van der Waals surface area contributed by atoms with E-state index in [1.54, 1.807) is 0 Å². The second-order valence-electron chi connectivity index (χ2n) is 4.87. The molecule has 1 aromatic carbocycles. The molecule has 3 nitrogen and oxygen atoms in total. The summed E-state index contributed by atoms with van der Waals surface area (Å²) in [5.41, 5.74) is 0.793. The first-order valence-corrected chi connectivity index (χ1v) is 7.14. The van der Waals surface area contributed by atoms with E-state index in [-0.39, 0.29) is 5.78 Å². The SMILES string of the molecule is CN1CCCN(CC(=O)c2cccc(Br)c2)CC1. The third-order valence-electron chi connectivity index (χ3n) is 3.33. The van der Waals surface area contributed by atoms with Gasteiger partial charge in [-0.15, -0.1) is 0 Å². The fourth-order valence-electron chi connectivity index (χ4n) is 2.21. The summed E-state index contributed by atoms with van der Waals surface area (Å²) in [6.45, 7) is 4.71. The zero-order chi connectivity index (χ0) is 13.0. The number of hydrogen-bond acceptors (Lipinski definition) is 3. The second-order valence-corrected chi connectivity index (χ2v) is 5.78. The molecular formula is C14H19BrN2O. The number of Topliss-reactive ketones (excluding diaryl/α,β-unsaturated/α-hetero) is 1. The van der Waals surface area contributed by atoms with Crippen molar-refractivity contribution in [2.24, 2.45) is 0 Å². The van der Waals surface area contributed by atoms with Crippen LogP contribution in [0, 0.1) is 0 Å². The molecule has 1 fully saturated rings. The van der Waals surface area contributed by atoms with E-state index in [0.29, 0.717) is 6.54 Å². The van der Waals surface area contributed by atoms with Crippen molar-refractivity contribution in [2.45, 2.75) is 6.42 Å². The van der Waals surface area contributed by atoms with Gasteiger partial charge >= 0.3 is 0 Å². The Morgan fingerprint density at radius 3 is 2.89 bits per heavy atom. The Morgan fingerprint density at radius 1 is 1.28 bits per heavy atom. The van der Waals surface area contributed by atoms with E-state index < -0.39 is 0 Å². The molecule has 0 aromatic heterocycles. The van der Waals surface area contributed by atoms with Crippen LogP contribution in [0.4, 0.5) is 0 Å². The molecule has 2 rings (SSSR count). The average molecular weight is 311 g/mol. The van der Waals surface area contributed by atoms with Crippen molar-refractivity contribution in [2.75, 3.05) is 39.8 Å². The maximum Gasteiger partial charge on any atom is 0.176 e. The highest BCUT2D eigenvalue weighted by atomic mass is 79.9. The number of rotatable bonds is 3. The molecule has 0 amide bonds. The minimum Gasteiger partial charge on any atom is -0.305 e. The molecule has 1 aromatic rings. The molecule has 4 heteroatoms. The van der Waals surface area contributed by atoms with Crippen LogP contribution in [0.2, 0.25) is 0 Å². The highest BCUT2D eigenvalue weighted by Gasteiger charge is 2.16. The van der Waals surface area contributed by atoms with Gasteiger partial charge in [0.1, 0.15) is 0 Å². The molecule has 18 heavy (non-hydrogen) atoms. The molecule has 1 heterocycles. The van der Waals surface area contributed by atoms with Gasteiger partial charge in [-0.3, -0.25) is 9.69 Å². The summed E-state index contributed by atoms with van der Waals surface area (Å²) in [5, 5.41) is 0. The molecule has 1 saturated heterocycles. The fraction of sp³-hybridized carbons (Fsp3) is 0.500. The number of nitrogens with zero attached hydrogens (tertiary/aromatic N) is 2. The molecule has 0 aliphatic carbocycles. The van der Waals surface area contributed by atoms with Gasteiger partial charge in [0, 0.05) is 23.1 Å². The first kappa shape index (κ1) is 13.7. The van der Waals surface area contributed by atoms with Crippen molar-refractivity contribution in [1.82, 2.24) is 9.80 Å². The number of benzene rings is 1. The number of ketones is 1. The quantitative estimate of drug-likeness (QED) is 0.800. The third kappa shape index (κ3) is 3.90. The smallest absolute Gasteiger partial charge is 0.176 e. The number of carbonyl (C=O) groups excluding carboxylic acids is 1. The van der Waals surface area contributed by atoms with Gasteiger partial charge in [-0.25, -0.2) is 0 Å². The summed E-state index contributed by atoms with van der Waals surface area (Å²) < 4.78 is 0.962. The van der Waals surface area contributed by atoms with Crippen molar-refractivity contribution < 1.29 is 4.79 Å². The maximum absolute atomic E-state index is 12.2. The second kappa shape index (κ2) is 6.45. The number of halogens is 1. The molecule has 0 saturated carbocycles. The van der Waals surface area contributed by atoms with E-state index in [2.05, 4.69) is 32.8 Å². The summed E-state index contributed by atoms with van der Waals surface area (Å²) in [5.74, 6) is 0.209. The van der Waals surface area contributed by atoms with Crippen LogP contribution in [-0.2, 0) is 0 Å². The van der Waals surface area contributed by atoms with E-state index in [1.165, 1.54) is 0 Å². The van der Waals surface area contributed by atoms with Gasteiger partial charge in [-0.1, -0.05) is 28.1 Å². The molecule has 1 aliphatic heterocycles. The number of carbonyl (C=O) groups is 1. The largest absolute Gasteiger partial charge is 0.305 e. The van der Waals surface area contributed by atoms with Gasteiger partial charge in [0.25, 0.3) is 0 Å². The lowest BCUT2D eigenvalue weighted by atomic mass is 10.1. The van der Waals surface area contributed by atoms with E-state index in [9.17, 15) is 4.79 Å². The number of hydrogen-bond donors (Lipinski definition) is 0. The molecule has 0 unspecified atom stereocenters. The van der Waals surface area contributed by atoms with Crippen LogP contribution in [-0.4, -0.2) is 55.4 Å². The molecule has 1 aliphatic rings. The molecule has 0 radical (unpaired) electrons. The van der Waals surface area contributed by atoms with Crippen LogP contribution in [0.15, 0.2) is 28.7 Å². The van der Waals surface area contributed by atoms with Crippen molar-refractivity contribution >= 4 is 21.7 Å². The standard InChI is InChI=1S/C14H19BrN2O/c1-16-6-3-7-17(9-8-16)11-14(18)12-4-2-5-13(15)10-12/h2,4-5,10H,3,6-9,11H2,1H3. The Bertz CT molecular complexity index is 422. The monoisotopic (exact) mass is 310 g/mol. The average Bonchev–Trinajstić information content (AvgIpc) is 2.54. The molecule has 0 N–H and O–H groups in total. The van der Waals surface area contributed by atoms with Crippen LogP contribution in [0.5, 0.6) is 0 Å². The lowest BCUT2D eigenvalue weighted by Crippen LogP contribution is -2.33. The van der Waals surface area contributed by atoms with Gasteiger partial charge in [0.05, 0.1) is 6.54 Å². The first-order chi connectivity index (χ1) is 8.65. The Kier molecular flexibility index (Phi) is 4.92. The van der Waals surface area contributed by atoms with Gasteiger partial charge in [-0.05, 0) is 38.7 Å². The van der Waals surface area contributed by atoms with E-state index >= 15 is 0 Å². The maximum atomic E-state index is 12.2.